The second-order valence-corrected chi connectivity index (χ2v) is 5.98. The van der Waals surface area contributed by atoms with Crippen LogP contribution in [0.5, 0.6) is 0 Å². The molecule has 0 aliphatic carbocycles. The van der Waals surface area contributed by atoms with Gasteiger partial charge in [-0.25, -0.2) is 0 Å². The molecule has 0 saturated heterocycles. The lowest BCUT2D eigenvalue weighted by Crippen LogP contribution is -2.24. The van der Waals surface area contributed by atoms with Crippen LogP contribution in [0.4, 0.5) is 5.69 Å². The molecule has 0 radical (unpaired) electrons. The minimum atomic E-state index is -0.307. The Hall–Kier alpha value is -3.35. The number of aryl methyl sites for hydroxylation is 2. The molecule has 0 fully saturated rings. The highest BCUT2D eigenvalue weighted by atomic mass is 16.3. The van der Waals surface area contributed by atoms with Crippen molar-refractivity contribution in [3.05, 3.63) is 70.9 Å². The second-order valence-electron chi connectivity index (χ2n) is 5.98. The monoisotopic (exact) mass is 352 g/mol. The Morgan fingerprint density at radius 3 is 2.42 bits per heavy atom. The Balaban J connectivity index is 1.59. The van der Waals surface area contributed by atoms with Gasteiger partial charge in [0.1, 0.15) is 0 Å². The molecule has 0 saturated carbocycles. The van der Waals surface area contributed by atoms with Crippen molar-refractivity contribution in [3.8, 4) is 0 Å². The van der Waals surface area contributed by atoms with Gasteiger partial charge in [-0.3, -0.25) is 14.3 Å². The number of nitrogens with zero attached hydrogens (tertiary/aromatic N) is 2. The topological polar surface area (TPSA) is 89.2 Å². The van der Waals surface area contributed by atoms with Gasteiger partial charge in [0, 0.05) is 25.0 Å². The van der Waals surface area contributed by atoms with Crippen molar-refractivity contribution >= 4 is 17.5 Å². The zero-order valence-corrected chi connectivity index (χ0v) is 14.9. The van der Waals surface area contributed by atoms with Crippen LogP contribution in [0.25, 0.3) is 0 Å². The molecule has 134 valence electrons. The molecular weight excluding hydrogens is 332 g/mol. The third-order valence-electron chi connectivity index (χ3n) is 4.15. The molecule has 0 unspecified atom stereocenters. The van der Waals surface area contributed by atoms with Crippen molar-refractivity contribution < 1.29 is 14.0 Å². The predicted octanol–water partition coefficient (Wildman–Crippen LogP) is 2.81. The fourth-order valence-electron chi connectivity index (χ4n) is 2.68. The summed E-state index contributed by atoms with van der Waals surface area (Å²) in [5, 5.41) is 9.90. The van der Waals surface area contributed by atoms with Gasteiger partial charge in [0.15, 0.2) is 5.76 Å². The van der Waals surface area contributed by atoms with E-state index in [1.165, 1.54) is 6.26 Å². The van der Waals surface area contributed by atoms with Gasteiger partial charge in [-0.2, -0.15) is 5.10 Å². The van der Waals surface area contributed by atoms with Gasteiger partial charge in [-0.15, -0.1) is 0 Å². The Morgan fingerprint density at radius 1 is 1.12 bits per heavy atom. The van der Waals surface area contributed by atoms with E-state index in [2.05, 4.69) is 15.7 Å². The number of hydrogen-bond donors (Lipinski definition) is 2. The highest BCUT2D eigenvalue weighted by Gasteiger charge is 2.16. The highest BCUT2D eigenvalue weighted by Crippen LogP contribution is 2.14. The van der Waals surface area contributed by atoms with E-state index >= 15 is 0 Å². The molecule has 0 spiro atoms. The number of carbonyl (C=O) groups excluding carboxylic acids is 2. The van der Waals surface area contributed by atoms with E-state index in [1.54, 1.807) is 28.9 Å². The highest BCUT2D eigenvalue weighted by molar-refractivity contribution is 6.02. The van der Waals surface area contributed by atoms with E-state index in [1.807, 2.05) is 33.0 Å². The summed E-state index contributed by atoms with van der Waals surface area (Å²) >= 11 is 0. The lowest BCUT2D eigenvalue weighted by molar-refractivity contribution is 0.0948. The fraction of sp³-hybridized carbons (Fsp3) is 0.211. The van der Waals surface area contributed by atoms with Gasteiger partial charge < -0.3 is 15.1 Å². The molecule has 2 amide bonds. The molecule has 26 heavy (non-hydrogen) atoms. The number of aromatic nitrogens is 2. The van der Waals surface area contributed by atoms with Crippen LogP contribution in [0.3, 0.4) is 0 Å². The standard InChI is InChI=1S/C19H20N4O3/c1-12-17(13(2)23(3)22-12)19(25)20-11-14-6-8-15(9-7-14)21-18(24)16-5-4-10-26-16/h4-10H,11H2,1-3H3,(H,20,25)(H,21,24). The van der Waals surface area contributed by atoms with E-state index in [9.17, 15) is 9.59 Å². The SMILES string of the molecule is Cc1nn(C)c(C)c1C(=O)NCc1ccc(NC(=O)c2ccco2)cc1. The third kappa shape index (κ3) is 3.66. The number of amides is 2. The van der Waals surface area contributed by atoms with Crippen LogP contribution in [0, 0.1) is 13.8 Å². The number of benzene rings is 1. The Morgan fingerprint density at radius 2 is 1.85 bits per heavy atom. The molecule has 3 rings (SSSR count). The predicted molar refractivity (Wildman–Crippen MR) is 97.0 cm³/mol. The molecule has 0 aliphatic heterocycles. The summed E-state index contributed by atoms with van der Waals surface area (Å²) in [4.78, 5) is 24.3. The van der Waals surface area contributed by atoms with Gasteiger partial charge >= 0.3 is 0 Å². The lowest BCUT2D eigenvalue weighted by atomic mass is 10.1. The molecule has 0 bridgehead atoms. The number of nitrogens with one attached hydrogen (secondary N) is 2. The van der Waals surface area contributed by atoms with Crippen molar-refractivity contribution in [1.29, 1.82) is 0 Å². The van der Waals surface area contributed by atoms with E-state index in [0.717, 1.165) is 11.3 Å². The zero-order valence-electron chi connectivity index (χ0n) is 14.9. The van der Waals surface area contributed by atoms with Gasteiger partial charge in [-0.1, -0.05) is 12.1 Å². The maximum Gasteiger partial charge on any atom is 0.291 e. The quantitative estimate of drug-likeness (QED) is 0.739. The molecule has 1 aromatic carbocycles. The van der Waals surface area contributed by atoms with Crippen LogP contribution in [0.1, 0.15) is 37.9 Å². The first-order valence-corrected chi connectivity index (χ1v) is 8.18. The summed E-state index contributed by atoms with van der Waals surface area (Å²) in [5.41, 5.74) is 3.72. The van der Waals surface area contributed by atoms with Crippen LogP contribution in [0.15, 0.2) is 47.1 Å². The largest absolute Gasteiger partial charge is 0.459 e. The average molecular weight is 352 g/mol. The van der Waals surface area contributed by atoms with Crippen LogP contribution >= 0.6 is 0 Å². The van der Waals surface area contributed by atoms with Crippen molar-refractivity contribution in [3.63, 3.8) is 0 Å². The first-order chi connectivity index (χ1) is 12.5. The van der Waals surface area contributed by atoms with E-state index in [4.69, 9.17) is 4.42 Å². The Kier molecular flexibility index (Phi) is 4.88. The van der Waals surface area contributed by atoms with Gasteiger partial charge in [0.25, 0.3) is 11.8 Å². The average Bonchev–Trinajstić information content (AvgIpc) is 3.23. The summed E-state index contributed by atoms with van der Waals surface area (Å²) in [5.74, 6) is -0.203. The molecule has 2 N–H and O–H groups in total. The van der Waals surface area contributed by atoms with Crippen molar-refractivity contribution in [2.75, 3.05) is 5.32 Å². The minimum absolute atomic E-state index is 0.150. The van der Waals surface area contributed by atoms with Crippen LogP contribution in [0.2, 0.25) is 0 Å². The van der Waals surface area contributed by atoms with Crippen molar-refractivity contribution in [2.24, 2.45) is 7.05 Å². The molecule has 3 aromatic rings. The molecule has 0 aliphatic rings. The summed E-state index contributed by atoms with van der Waals surface area (Å²) in [6, 6.07) is 10.5. The van der Waals surface area contributed by atoms with Gasteiger partial charge in [0.05, 0.1) is 17.5 Å². The lowest BCUT2D eigenvalue weighted by Gasteiger charge is -2.08. The first kappa shape index (κ1) is 17.5. The molecule has 0 atom stereocenters. The molecule has 7 heteroatoms. The summed E-state index contributed by atoms with van der Waals surface area (Å²) < 4.78 is 6.75. The van der Waals surface area contributed by atoms with Crippen LogP contribution < -0.4 is 10.6 Å². The molecule has 2 heterocycles. The van der Waals surface area contributed by atoms with Crippen molar-refractivity contribution in [2.45, 2.75) is 20.4 Å². The number of hydrogen-bond acceptors (Lipinski definition) is 4. The molecule has 7 nitrogen and oxygen atoms in total. The van der Waals surface area contributed by atoms with Crippen LogP contribution in [-0.4, -0.2) is 21.6 Å². The van der Waals surface area contributed by atoms with Gasteiger partial charge in [0.2, 0.25) is 0 Å². The van der Waals surface area contributed by atoms with Crippen LogP contribution in [-0.2, 0) is 13.6 Å². The fourth-order valence-corrected chi connectivity index (χ4v) is 2.68. The first-order valence-electron chi connectivity index (χ1n) is 8.18. The number of anilines is 1. The molecule has 2 aromatic heterocycles. The normalized spacial score (nSPS) is 10.6. The summed E-state index contributed by atoms with van der Waals surface area (Å²) in [6.07, 6.45) is 1.45. The van der Waals surface area contributed by atoms with Crippen molar-refractivity contribution in [1.82, 2.24) is 15.1 Å². The Labute approximate surface area is 151 Å². The summed E-state index contributed by atoms with van der Waals surface area (Å²) in [6.45, 7) is 4.07. The number of rotatable bonds is 5. The Bertz CT molecular complexity index is 925. The maximum atomic E-state index is 12.4. The maximum absolute atomic E-state index is 12.4. The van der Waals surface area contributed by atoms with E-state index in [0.29, 0.717) is 23.5 Å². The van der Waals surface area contributed by atoms with Gasteiger partial charge in [-0.05, 0) is 43.7 Å². The molecular formula is C19H20N4O3. The summed E-state index contributed by atoms with van der Waals surface area (Å²) in [7, 11) is 1.81. The number of carbonyl (C=O) groups is 2. The smallest absolute Gasteiger partial charge is 0.291 e. The zero-order chi connectivity index (χ0) is 18.7. The minimum Gasteiger partial charge on any atom is -0.459 e. The van der Waals surface area contributed by atoms with E-state index < -0.39 is 0 Å². The second kappa shape index (κ2) is 7.26. The van der Waals surface area contributed by atoms with E-state index in [-0.39, 0.29) is 17.6 Å². The number of furan rings is 1. The third-order valence-corrected chi connectivity index (χ3v) is 4.15.